The number of benzene rings is 9. The predicted octanol–water partition coefficient (Wildman–Crippen LogP) is 16.5. The van der Waals surface area contributed by atoms with Gasteiger partial charge in [-0.2, -0.15) is 0 Å². The first-order valence-corrected chi connectivity index (χ1v) is 36.3. The fraction of sp³-hybridized carbons (Fsp3) is 0.0741. The minimum absolute atomic E-state index is 0. The van der Waals surface area contributed by atoms with Gasteiger partial charge in [0, 0.05) is 21.5 Å². The molecule has 0 aliphatic rings. The van der Waals surface area contributed by atoms with E-state index >= 15 is 4.57 Å². The van der Waals surface area contributed by atoms with Gasteiger partial charge in [0.2, 0.25) is 0 Å². The molecular formula is C54H46F12OP2RuSb2. The second-order valence-corrected chi connectivity index (χ2v) is 32.5. The Balaban J connectivity index is 0.000000317. The number of halogens is 12. The van der Waals surface area contributed by atoms with Crippen molar-refractivity contribution < 1.29 is 57.8 Å². The Hall–Kier alpha value is -4.42. The first-order chi connectivity index (χ1) is 32.8. The molecule has 0 fully saturated rings. The largest absolute Gasteiger partial charge is 2.00 e. The van der Waals surface area contributed by atoms with Crippen molar-refractivity contribution in [3.05, 3.63) is 230 Å². The number of fused-ring (bicyclic) bond motifs is 2. The molecule has 0 saturated carbocycles. The number of aryl methyl sites for hydroxylation is 1. The van der Waals surface area contributed by atoms with E-state index in [1.54, 1.807) is 0 Å². The number of hydrogen-bond acceptors (Lipinski definition) is 1. The van der Waals surface area contributed by atoms with E-state index in [-0.39, 0.29) is 19.5 Å². The smallest absolute Gasteiger partial charge is 2.00 e. The van der Waals surface area contributed by atoms with Gasteiger partial charge >= 0.3 is 92.2 Å². The Morgan fingerprint density at radius 2 is 0.736 bits per heavy atom. The fourth-order valence-electron chi connectivity index (χ4n) is 7.73. The third-order valence-electron chi connectivity index (χ3n) is 10.7. The first kappa shape index (κ1) is 58.5. The standard InChI is InChI=1S/C44H32OP2.C10H14.12FH.Ru.2Sb/c45-47(37-23-9-3-10-24-37,38-25-11-4-12-26-38)42-32-30-34-18-14-16-28-40(34)44(42)43-39-27-15-13-17-33(39)29-31-41(43)46(35-19-5-1-6-20-35)36-21-7-2-8-22-36;1-8(2)10-6-4-9(3)5-7-10;;;;;;;;;;;;;;;/h1-32H;4-8H,1-3H3;12*1H;;;/q;;;;;;;;;;;;;;+2;2*+5/p-12. The monoisotopic (exact) mass is 1340 g/mol. The van der Waals surface area contributed by atoms with Gasteiger partial charge in [-0.15, -0.1) is 0 Å². The van der Waals surface area contributed by atoms with Crippen LogP contribution in [-0.2, 0) is 24.0 Å². The van der Waals surface area contributed by atoms with E-state index in [1.165, 1.54) is 27.0 Å². The minimum atomic E-state index is -11.2. The molecule has 0 heterocycles. The molecule has 9 aromatic carbocycles. The summed E-state index contributed by atoms with van der Waals surface area (Å²) in [5, 5.41) is 10.9. The fourth-order valence-corrected chi connectivity index (χ4v) is 13.1. The van der Waals surface area contributed by atoms with E-state index in [0.717, 1.165) is 48.6 Å². The van der Waals surface area contributed by atoms with E-state index in [9.17, 15) is 33.8 Å². The van der Waals surface area contributed by atoms with Gasteiger partial charge in [-0.05, 0) is 75.4 Å². The van der Waals surface area contributed by atoms with Crippen LogP contribution in [0.4, 0.5) is 33.8 Å². The summed E-state index contributed by atoms with van der Waals surface area (Å²) in [5.41, 5.74) is 4.96. The Morgan fingerprint density at radius 1 is 0.403 bits per heavy atom. The molecule has 9 rings (SSSR count). The average Bonchev–Trinajstić information content (AvgIpc) is 3.31. The van der Waals surface area contributed by atoms with E-state index in [0.29, 0.717) is 5.92 Å². The maximum atomic E-state index is 16.2. The van der Waals surface area contributed by atoms with Crippen LogP contribution in [0.2, 0.25) is 0 Å². The quantitative estimate of drug-likeness (QED) is 0.0842. The maximum absolute atomic E-state index is 16.2. The minimum Gasteiger partial charge on any atom is 2.00 e. The molecule has 0 radical (unpaired) electrons. The van der Waals surface area contributed by atoms with Gasteiger partial charge in [0.15, 0.2) is 7.14 Å². The van der Waals surface area contributed by atoms with E-state index in [1.807, 2.05) is 60.7 Å². The number of rotatable bonds is 8. The number of hydrogen-bond donors (Lipinski definition) is 0. The second kappa shape index (κ2) is 21.4. The second-order valence-electron chi connectivity index (χ2n) is 16.6. The normalized spacial score (nSPS) is 13.6. The zero-order chi connectivity index (χ0) is 52.0. The van der Waals surface area contributed by atoms with Crippen molar-refractivity contribution >= 4 is 107 Å². The van der Waals surface area contributed by atoms with Gasteiger partial charge in [-0.25, -0.2) is 0 Å². The molecule has 1 nitrogen and oxygen atoms in total. The summed E-state index contributed by atoms with van der Waals surface area (Å²) in [4.78, 5) is 0. The topological polar surface area (TPSA) is 17.1 Å². The summed E-state index contributed by atoms with van der Waals surface area (Å²) in [5.74, 6) is 0.653. The van der Waals surface area contributed by atoms with Gasteiger partial charge in [-0.1, -0.05) is 232 Å². The van der Waals surface area contributed by atoms with Crippen LogP contribution in [0.25, 0.3) is 32.7 Å². The van der Waals surface area contributed by atoms with Gasteiger partial charge in [0.25, 0.3) is 0 Å². The van der Waals surface area contributed by atoms with Crippen LogP contribution in [0.15, 0.2) is 218 Å². The van der Waals surface area contributed by atoms with Gasteiger partial charge < -0.3 is 4.57 Å². The molecule has 0 N–H and O–H groups in total. The van der Waals surface area contributed by atoms with Gasteiger partial charge in [-0.3, -0.25) is 0 Å². The Bertz CT molecular complexity index is 3170. The molecule has 0 aromatic heterocycles. The van der Waals surface area contributed by atoms with Crippen molar-refractivity contribution in [3.63, 3.8) is 0 Å². The summed E-state index contributed by atoms with van der Waals surface area (Å²) in [6.45, 7) is 6.54. The Labute approximate surface area is 429 Å². The molecule has 0 aliphatic carbocycles. The molecule has 0 spiro atoms. The molecular weight excluding hydrogens is 1300 g/mol. The molecule has 0 saturated heterocycles. The SMILES string of the molecule is Cc1ccc(C(C)C)cc1.O=P(c1ccccc1)(c1ccccc1)c1ccc2ccccc2c1-c1c(P(c2ccccc2)c2ccccc2)ccc2ccccc12.[F][Sb-]([F])([F])([F])([F])[F].[F][Sb-]([F])([F])([F])([F])[F].[Ru+2]. The predicted molar refractivity (Wildman–Crippen MR) is 275 cm³/mol. The maximum Gasteiger partial charge on any atom is 2.00 e. The molecule has 0 bridgehead atoms. The summed E-state index contributed by atoms with van der Waals surface area (Å²) >= 11 is -22.5. The summed E-state index contributed by atoms with van der Waals surface area (Å²) in [6, 6.07) is 76.6. The van der Waals surface area contributed by atoms with E-state index in [2.05, 4.69) is 178 Å². The molecule has 0 atom stereocenters. The van der Waals surface area contributed by atoms with Crippen molar-refractivity contribution in [1.29, 1.82) is 0 Å². The van der Waals surface area contributed by atoms with Crippen LogP contribution in [0.1, 0.15) is 30.9 Å². The van der Waals surface area contributed by atoms with Crippen LogP contribution in [0, 0.1) is 6.92 Å². The molecule has 18 heteroatoms. The third-order valence-corrected chi connectivity index (χ3v) is 16.2. The van der Waals surface area contributed by atoms with Crippen molar-refractivity contribution in [3.8, 4) is 11.1 Å². The van der Waals surface area contributed by atoms with E-state index in [4.69, 9.17) is 0 Å². The third kappa shape index (κ3) is 17.9. The summed E-state index contributed by atoms with van der Waals surface area (Å²) in [6.07, 6.45) is 0. The molecule has 72 heavy (non-hydrogen) atoms. The van der Waals surface area contributed by atoms with Gasteiger partial charge in [0.05, 0.1) is 0 Å². The van der Waals surface area contributed by atoms with E-state index < -0.39 is 54.0 Å². The van der Waals surface area contributed by atoms with Crippen molar-refractivity contribution in [2.24, 2.45) is 0 Å². The van der Waals surface area contributed by atoms with Crippen LogP contribution >= 0.6 is 15.1 Å². The molecule has 0 aliphatic heterocycles. The molecule has 380 valence electrons. The Kier molecular flexibility index (Phi) is 17.4. The Morgan fingerprint density at radius 3 is 1.12 bits per heavy atom. The zero-order valence-corrected chi connectivity index (χ0v) is 47.1. The average molecular weight is 1350 g/mol. The van der Waals surface area contributed by atoms with Crippen LogP contribution in [-0.4, -0.2) is 39.0 Å². The van der Waals surface area contributed by atoms with Crippen molar-refractivity contribution in [2.75, 3.05) is 0 Å². The van der Waals surface area contributed by atoms with Gasteiger partial charge in [0.1, 0.15) is 0 Å². The summed E-state index contributed by atoms with van der Waals surface area (Å²) < 4.78 is 135. The molecule has 9 aromatic rings. The van der Waals surface area contributed by atoms with Crippen LogP contribution < -0.4 is 31.8 Å². The van der Waals surface area contributed by atoms with Crippen LogP contribution in [0.5, 0.6) is 0 Å². The first-order valence-electron chi connectivity index (χ1n) is 21.7. The van der Waals surface area contributed by atoms with Crippen molar-refractivity contribution in [2.45, 2.75) is 26.7 Å². The molecule has 0 amide bonds. The molecule has 0 unspecified atom stereocenters. The summed E-state index contributed by atoms with van der Waals surface area (Å²) in [7, 11) is -4.31. The zero-order valence-electron chi connectivity index (χ0n) is 38.4. The van der Waals surface area contributed by atoms with Crippen molar-refractivity contribution in [1.82, 2.24) is 0 Å². The van der Waals surface area contributed by atoms with Crippen LogP contribution in [0.3, 0.4) is 0 Å².